The van der Waals surface area contributed by atoms with Crippen LogP contribution in [-0.4, -0.2) is 25.7 Å². The maximum Gasteiger partial charge on any atom is 0.222 e. The summed E-state index contributed by atoms with van der Waals surface area (Å²) in [7, 11) is 0. The lowest BCUT2D eigenvalue weighted by molar-refractivity contribution is -0.121. The Morgan fingerprint density at radius 1 is 1.42 bits per heavy atom. The zero-order valence-electron chi connectivity index (χ0n) is 10.9. The lowest BCUT2D eigenvalue weighted by Crippen LogP contribution is -2.24. The molecule has 0 aromatic carbocycles. The van der Waals surface area contributed by atoms with E-state index in [1.807, 2.05) is 18.3 Å². The van der Waals surface area contributed by atoms with Gasteiger partial charge >= 0.3 is 0 Å². The number of hydrogen-bond acceptors (Lipinski definition) is 4. The molecule has 2 aromatic heterocycles. The topological polar surface area (TPSA) is 72.7 Å². The number of nitrogens with one attached hydrogen (secondary N) is 1. The number of aromatic nitrogens is 4. The van der Waals surface area contributed by atoms with Crippen molar-refractivity contribution in [3.8, 4) is 0 Å². The number of amides is 1. The molecule has 6 heteroatoms. The normalized spacial score (nSPS) is 10.4. The molecule has 100 valence electrons. The third kappa shape index (κ3) is 4.17. The third-order valence-electron chi connectivity index (χ3n) is 2.80. The first kappa shape index (κ1) is 13.2. The van der Waals surface area contributed by atoms with E-state index in [9.17, 15) is 4.79 Å². The highest BCUT2D eigenvalue weighted by atomic mass is 16.1. The molecule has 0 saturated carbocycles. The highest BCUT2D eigenvalue weighted by molar-refractivity contribution is 5.75. The number of rotatable bonds is 6. The van der Waals surface area contributed by atoms with E-state index in [1.54, 1.807) is 11.0 Å². The molecule has 2 rings (SSSR count). The van der Waals surface area contributed by atoms with Gasteiger partial charge in [-0.15, -0.1) is 0 Å². The number of aryl methyl sites for hydroxylation is 2. The third-order valence-corrected chi connectivity index (χ3v) is 2.80. The van der Waals surface area contributed by atoms with Crippen molar-refractivity contribution >= 4 is 5.91 Å². The average Bonchev–Trinajstić information content (AvgIpc) is 2.96. The quantitative estimate of drug-likeness (QED) is 0.838. The number of pyridine rings is 1. The summed E-state index contributed by atoms with van der Waals surface area (Å²) < 4.78 is 1.63. The van der Waals surface area contributed by atoms with Crippen LogP contribution in [-0.2, 0) is 24.3 Å². The number of hydrogen-bond donors (Lipinski definition) is 1. The highest BCUT2D eigenvalue weighted by Gasteiger charge is 2.03. The van der Waals surface area contributed by atoms with Gasteiger partial charge in [-0.1, -0.05) is 13.0 Å². The highest BCUT2D eigenvalue weighted by Crippen LogP contribution is 2.00. The summed E-state index contributed by atoms with van der Waals surface area (Å²) in [5, 5.41) is 6.77. The van der Waals surface area contributed by atoms with Gasteiger partial charge in [-0.25, -0.2) is 4.98 Å². The van der Waals surface area contributed by atoms with E-state index in [2.05, 4.69) is 27.3 Å². The van der Waals surface area contributed by atoms with Gasteiger partial charge in [0, 0.05) is 12.6 Å². The fourth-order valence-electron chi connectivity index (χ4n) is 1.61. The maximum absolute atomic E-state index is 11.6. The monoisotopic (exact) mass is 259 g/mol. The average molecular weight is 259 g/mol. The molecule has 2 aromatic rings. The van der Waals surface area contributed by atoms with Crippen LogP contribution in [0, 0.1) is 0 Å². The largest absolute Gasteiger partial charge is 0.350 e. The number of nitrogens with zero attached hydrogens (tertiary/aromatic N) is 4. The molecule has 6 nitrogen and oxygen atoms in total. The Kier molecular flexibility index (Phi) is 4.60. The van der Waals surface area contributed by atoms with Crippen LogP contribution in [0.2, 0.25) is 0 Å². The van der Waals surface area contributed by atoms with Gasteiger partial charge in [0.1, 0.15) is 12.7 Å². The zero-order chi connectivity index (χ0) is 13.5. The van der Waals surface area contributed by atoms with Gasteiger partial charge < -0.3 is 5.32 Å². The second kappa shape index (κ2) is 6.63. The van der Waals surface area contributed by atoms with Crippen LogP contribution in [0.15, 0.2) is 31.0 Å². The molecule has 0 aliphatic heterocycles. The molecule has 0 unspecified atom stereocenters. The first-order valence-electron chi connectivity index (χ1n) is 6.31. The molecule has 19 heavy (non-hydrogen) atoms. The summed E-state index contributed by atoms with van der Waals surface area (Å²) in [5.41, 5.74) is 2.06. The van der Waals surface area contributed by atoms with Gasteiger partial charge in [-0.05, 0) is 18.1 Å². The van der Waals surface area contributed by atoms with E-state index in [1.165, 1.54) is 11.9 Å². The van der Waals surface area contributed by atoms with Gasteiger partial charge in [0.25, 0.3) is 0 Å². The van der Waals surface area contributed by atoms with Gasteiger partial charge in [0.05, 0.1) is 18.8 Å². The summed E-state index contributed by atoms with van der Waals surface area (Å²) in [5.74, 6) is -0.0168. The van der Waals surface area contributed by atoms with Crippen molar-refractivity contribution in [2.24, 2.45) is 0 Å². The van der Waals surface area contributed by atoms with E-state index in [0.717, 1.165) is 12.1 Å². The van der Waals surface area contributed by atoms with E-state index < -0.39 is 0 Å². The number of carbonyl (C=O) groups is 1. The van der Waals surface area contributed by atoms with Gasteiger partial charge in [-0.2, -0.15) is 5.10 Å². The molecule has 0 bridgehead atoms. The second-order valence-electron chi connectivity index (χ2n) is 4.20. The molecule has 0 radical (unpaired) electrons. The summed E-state index contributed by atoms with van der Waals surface area (Å²) in [6.45, 7) is 3.08. The molecule has 1 N–H and O–H groups in total. The van der Waals surface area contributed by atoms with Crippen LogP contribution in [0.1, 0.15) is 24.6 Å². The predicted octanol–water partition coefficient (Wildman–Crippen LogP) is 0.942. The van der Waals surface area contributed by atoms with Crippen LogP contribution >= 0.6 is 0 Å². The van der Waals surface area contributed by atoms with E-state index in [4.69, 9.17) is 0 Å². The Bertz CT molecular complexity index is 506. The van der Waals surface area contributed by atoms with Crippen molar-refractivity contribution < 1.29 is 4.79 Å². The van der Waals surface area contributed by atoms with Crippen molar-refractivity contribution in [3.63, 3.8) is 0 Å². The SMILES string of the molecule is CCc1ccc(CNC(=O)CCn2cncn2)nc1. The smallest absolute Gasteiger partial charge is 0.222 e. The molecule has 0 aliphatic carbocycles. The van der Waals surface area contributed by atoms with Gasteiger partial charge in [0.2, 0.25) is 5.91 Å². The maximum atomic E-state index is 11.6. The Morgan fingerprint density at radius 3 is 2.95 bits per heavy atom. The summed E-state index contributed by atoms with van der Waals surface area (Å²) in [6.07, 6.45) is 6.25. The minimum absolute atomic E-state index is 0.0168. The van der Waals surface area contributed by atoms with Crippen LogP contribution in [0.25, 0.3) is 0 Å². The fourth-order valence-corrected chi connectivity index (χ4v) is 1.61. The molecular weight excluding hydrogens is 242 g/mol. The number of carbonyl (C=O) groups excluding carboxylic acids is 1. The van der Waals surface area contributed by atoms with Crippen LogP contribution < -0.4 is 5.32 Å². The first-order chi connectivity index (χ1) is 9.28. The van der Waals surface area contributed by atoms with E-state index >= 15 is 0 Å². The van der Waals surface area contributed by atoms with E-state index in [0.29, 0.717) is 19.5 Å². The standard InChI is InChI=1S/C13H17N5O/c1-2-11-3-4-12(15-7-11)8-16-13(19)5-6-18-10-14-9-17-18/h3-4,7,9-10H,2,5-6,8H2,1H3,(H,16,19). The fraction of sp³-hybridized carbons (Fsp3) is 0.385. The lowest BCUT2D eigenvalue weighted by atomic mass is 10.2. The first-order valence-corrected chi connectivity index (χ1v) is 6.31. The van der Waals surface area contributed by atoms with Crippen molar-refractivity contribution in [2.75, 3.05) is 0 Å². The Balaban J connectivity index is 1.73. The summed E-state index contributed by atoms with van der Waals surface area (Å²) in [4.78, 5) is 19.7. The Hall–Kier alpha value is -2.24. The summed E-state index contributed by atoms with van der Waals surface area (Å²) in [6, 6.07) is 3.97. The van der Waals surface area contributed by atoms with Crippen molar-refractivity contribution in [3.05, 3.63) is 42.2 Å². The van der Waals surface area contributed by atoms with Gasteiger partial charge in [-0.3, -0.25) is 14.5 Å². The van der Waals surface area contributed by atoms with Gasteiger partial charge in [0.15, 0.2) is 0 Å². The Morgan fingerprint density at radius 2 is 2.32 bits per heavy atom. The predicted molar refractivity (Wildman–Crippen MR) is 70.1 cm³/mol. The van der Waals surface area contributed by atoms with Crippen molar-refractivity contribution in [1.29, 1.82) is 0 Å². The summed E-state index contributed by atoms with van der Waals surface area (Å²) >= 11 is 0. The van der Waals surface area contributed by atoms with Crippen molar-refractivity contribution in [2.45, 2.75) is 32.9 Å². The Labute approximate surface area is 111 Å². The minimum Gasteiger partial charge on any atom is -0.350 e. The second-order valence-corrected chi connectivity index (χ2v) is 4.20. The molecule has 0 saturated heterocycles. The van der Waals surface area contributed by atoms with Crippen LogP contribution in [0.5, 0.6) is 0 Å². The molecule has 0 aliphatic rings. The molecule has 0 atom stereocenters. The molecule has 1 amide bonds. The van der Waals surface area contributed by atoms with Crippen molar-refractivity contribution in [1.82, 2.24) is 25.1 Å². The zero-order valence-corrected chi connectivity index (χ0v) is 10.9. The lowest BCUT2D eigenvalue weighted by Gasteiger charge is -2.05. The minimum atomic E-state index is -0.0168. The van der Waals surface area contributed by atoms with E-state index in [-0.39, 0.29) is 5.91 Å². The molecule has 0 spiro atoms. The van der Waals surface area contributed by atoms with Crippen LogP contribution in [0.3, 0.4) is 0 Å². The van der Waals surface area contributed by atoms with Crippen LogP contribution in [0.4, 0.5) is 0 Å². The molecular formula is C13H17N5O. The molecule has 2 heterocycles. The molecule has 0 fully saturated rings.